The van der Waals surface area contributed by atoms with E-state index in [1.165, 1.54) is 11.1 Å². The molecule has 1 atom stereocenters. The van der Waals surface area contributed by atoms with Gasteiger partial charge < -0.3 is 5.32 Å². The monoisotopic (exact) mass is 321 g/mol. The van der Waals surface area contributed by atoms with Crippen molar-refractivity contribution < 1.29 is 0 Å². The van der Waals surface area contributed by atoms with Gasteiger partial charge in [-0.25, -0.2) is 0 Å². The van der Waals surface area contributed by atoms with Crippen LogP contribution in [0.2, 0.25) is 10.0 Å². The van der Waals surface area contributed by atoms with Crippen molar-refractivity contribution in [2.45, 2.75) is 32.7 Å². The van der Waals surface area contributed by atoms with Gasteiger partial charge in [0.25, 0.3) is 0 Å². The number of aryl methyl sites for hydroxylation is 1. The van der Waals surface area contributed by atoms with Crippen LogP contribution in [0.4, 0.5) is 0 Å². The third kappa shape index (κ3) is 4.74. The fourth-order valence-corrected chi connectivity index (χ4v) is 2.61. The lowest BCUT2D eigenvalue weighted by Crippen LogP contribution is -2.24. The summed E-state index contributed by atoms with van der Waals surface area (Å²) in [6.07, 6.45) is 2.06. The first-order valence-corrected chi connectivity index (χ1v) is 8.09. The largest absolute Gasteiger partial charge is 0.310 e. The Hall–Kier alpha value is -1.02. The van der Waals surface area contributed by atoms with Crippen molar-refractivity contribution in [3.63, 3.8) is 0 Å². The summed E-state index contributed by atoms with van der Waals surface area (Å²) in [6, 6.07) is 14.6. The van der Waals surface area contributed by atoms with Crippen LogP contribution in [0.25, 0.3) is 0 Å². The van der Waals surface area contributed by atoms with Crippen molar-refractivity contribution in [2.75, 3.05) is 6.54 Å². The third-order valence-corrected chi connectivity index (χ3v) is 4.25. The first kappa shape index (κ1) is 16.4. The van der Waals surface area contributed by atoms with Crippen LogP contribution in [0.15, 0.2) is 42.5 Å². The number of halogens is 2. The standard InChI is InChI=1S/C18H21Cl2N/c1-3-10-21-18(12-14-4-7-16(19)8-5-14)15-6-9-17(20)13(2)11-15/h4-9,11,18,21H,3,10,12H2,1-2H3. The number of hydrogen-bond acceptors (Lipinski definition) is 1. The van der Waals surface area contributed by atoms with Gasteiger partial charge in [-0.3, -0.25) is 0 Å². The molecule has 0 saturated heterocycles. The molecule has 2 aromatic rings. The van der Waals surface area contributed by atoms with Crippen LogP contribution in [0.5, 0.6) is 0 Å². The zero-order chi connectivity index (χ0) is 15.2. The number of rotatable bonds is 6. The van der Waals surface area contributed by atoms with E-state index in [-0.39, 0.29) is 0 Å². The summed E-state index contributed by atoms with van der Waals surface area (Å²) in [7, 11) is 0. The summed E-state index contributed by atoms with van der Waals surface area (Å²) < 4.78 is 0. The van der Waals surface area contributed by atoms with Gasteiger partial charge in [0, 0.05) is 16.1 Å². The molecule has 0 spiro atoms. The molecule has 0 aliphatic rings. The maximum absolute atomic E-state index is 6.13. The first-order chi connectivity index (χ1) is 10.1. The molecule has 0 amide bonds. The minimum atomic E-state index is 0.294. The Morgan fingerprint density at radius 3 is 2.38 bits per heavy atom. The Kier molecular flexibility index (Phi) is 6.10. The molecule has 2 aromatic carbocycles. The lowest BCUT2D eigenvalue weighted by atomic mass is 9.97. The molecule has 0 saturated carbocycles. The van der Waals surface area contributed by atoms with E-state index in [0.29, 0.717) is 6.04 Å². The molecule has 112 valence electrons. The lowest BCUT2D eigenvalue weighted by molar-refractivity contribution is 0.529. The quantitative estimate of drug-likeness (QED) is 0.731. The minimum Gasteiger partial charge on any atom is -0.310 e. The van der Waals surface area contributed by atoms with Gasteiger partial charge in [0.1, 0.15) is 0 Å². The van der Waals surface area contributed by atoms with E-state index < -0.39 is 0 Å². The highest BCUT2D eigenvalue weighted by molar-refractivity contribution is 6.31. The molecule has 21 heavy (non-hydrogen) atoms. The Morgan fingerprint density at radius 2 is 1.76 bits per heavy atom. The van der Waals surface area contributed by atoms with Gasteiger partial charge in [-0.1, -0.05) is 54.4 Å². The molecule has 0 fully saturated rings. The predicted molar refractivity (Wildman–Crippen MR) is 92.4 cm³/mol. The van der Waals surface area contributed by atoms with Crippen LogP contribution in [0.3, 0.4) is 0 Å². The summed E-state index contributed by atoms with van der Waals surface area (Å²) in [4.78, 5) is 0. The molecule has 3 heteroatoms. The molecule has 1 unspecified atom stereocenters. The number of nitrogens with one attached hydrogen (secondary N) is 1. The van der Waals surface area contributed by atoms with Gasteiger partial charge in [0.15, 0.2) is 0 Å². The van der Waals surface area contributed by atoms with E-state index in [9.17, 15) is 0 Å². The third-order valence-electron chi connectivity index (χ3n) is 3.58. The average molecular weight is 322 g/mol. The van der Waals surface area contributed by atoms with Crippen LogP contribution < -0.4 is 5.32 Å². The van der Waals surface area contributed by atoms with Crippen molar-refractivity contribution in [3.05, 3.63) is 69.2 Å². The summed E-state index contributed by atoms with van der Waals surface area (Å²) in [5.41, 5.74) is 3.68. The van der Waals surface area contributed by atoms with Gasteiger partial charge in [-0.15, -0.1) is 0 Å². The zero-order valence-corrected chi connectivity index (χ0v) is 14.0. The van der Waals surface area contributed by atoms with Crippen molar-refractivity contribution in [2.24, 2.45) is 0 Å². The summed E-state index contributed by atoms with van der Waals surface area (Å²) >= 11 is 12.1. The second-order valence-corrected chi connectivity index (χ2v) is 6.19. The predicted octanol–water partition coefficient (Wildman–Crippen LogP) is 5.59. The van der Waals surface area contributed by atoms with E-state index in [1.807, 2.05) is 25.1 Å². The van der Waals surface area contributed by atoms with Crippen LogP contribution in [-0.2, 0) is 6.42 Å². The Bertz CT molecular complexity index is 578. The van der Waals surface area contributed by atoms with Crippen LogP contribution in [0, 0.1) is 6.92 Å². The van der Waals surface area contributed by atoms with Crippen molar-refractivity contribution in [3.8, 4) is 0 Å². The molecule has 0 aromatic heterocycles. The SMILES string of the molecule is CCCNC(Cc1ccc(Cl)cc1)c1ccc(Cl)c(C)c1. The fourth-order valence-electron chi connectivity index (χ4n) is 2.37. The first-order valence-electron chi connectivity index (χ1n) is 7.34. The highest BCUT2D eigenvalue weighted by Crippen LogP contribution is 2.24. The van der Waals surface area contributed by atoms with Gasteiger partial charge in [-0.2, -0.15) is 0 Å². The molecule has 0 radical (unpaired) electrons. The Balaban J connectivity index is 2.20. The van der Waals surface area contributed by atoms with E-state index in [4.69, 9.17) is 23.2 Å². The summed E-state index contributed by atoms with van der Waals surface area (Å²) in [5, 5.41) is 5.22. The molecule has 1 N–H and O–H groups in total. The summed E-state index contributed by atoms with van der Waals surface area (Å²) in [6.45, 7) is 5.23. The number of hydrogen-bond donors (Lipinski definition) is 1. The Morgan fingerprint density at radius 1 is 1.05 bits per heavy atom. The van der Waals surface area contributed by atoms with Gasteiger partial charge >= 0.3 is 0 Å². The van der Waals surface area contributed by atoms with Gasteiger partial charge in [0.2, 0.25) is 0 Å². The number of benzene rings is 2. The van der Waals surface area contributed by atoms with E-state index in [2.05, 4.69) is 36.5 Å². The molecule has 0 aliphatic carbocycles. The normalized spacial score (nSPS) is 12.4. The second-order valence-electron chi connectivity index (χ2n) is 5.35. The van der Waals surface area contributed by atoms with Crippen molar-refractivity contribution in [1.82, 2.24) is 5.32 Å². The maximum Gasteiger partial charge on any atom is 0.0435 e. The fraction of sp³-hybridized carbons (Fsp3) is 0.333. The molecule has 0 bridgehead atoms. The van der Waals surface area contributed by atoms with Crippen LogP contribution in [-0.4, -0.2) is 6.54 Å². The van der Waals surface area contributed by atoms with E-state index >= 15 is 0 Å². The van der Waals surface area contributed by atoms with Crippen LogP contribution in [0.1, 0.15) is 36.1 Å². The molecular formula is C18H21Cl2N. The minimum absolute atomic E-state index is 0.294. The topological polar surface area (TPSA) is 12.0 Å². The second kappa shape index (κ2) is 7.84. The van der Waals surface area contributed by atoms with Gasteiger partial charge in [-0.05, 0) is 61.2 Å². The molecule has 0 heterocycles. The molecular weight excluding hydrogens is 301 g/mol. The summed E-state index contributed by atoms with van der Waals surface area (Å²) in [5.74, 6) is 0. The van der Waals surface area contributed by atoms with Gasteiger partial charge in [0.05, 0.1) is 0 Å². The smallest absolute Gasteiger partial charge is 0.0435 e. The zero-order valence-electron chi connectivity index (χ0n) is 12.5. The Labute approximate surface area is 137 Å². The van der Waals surface area contributed by atoms with Crippen LogP contribution >= 0.6 is 23.2 Å². The highest BCUT2D eigenvalue weighted by atomic mass is 35.5. The average Bonchev–Trinajstić information content (AvgIpc) is 2.48. The maximum atomic E-state index is 6.13. The van der Waals surface area contributed by atoms with Crippen molar-refractivity contribution >= 4 is 23.2 Å². The molecule has 0 aliphatic heterocycles. The highest BCUT2D eigenvalue weighted by Gasteiger charge is 2.12. The molecule has 1 nitrogen and oxygen atoms in total. The van der Waals surface area contributed by atoms with E-state index in [0.717, 1.165) is 35.0 Å². The van der Waals surface area contributed by atoms with E-state index in [1.54, 1.807) is 0 Å². The molecule has 2 rings (SSSR count). The van der Waals surface area contributed by atoms with Crippen molar-refractivity contribution in [1.29, 1.82) is 0 Å². The lowest BCUT2D eigenvalue weighted by Gasteiger charge is -2.20.